The molecule has 9 heteroatoms. The zero-order valence-electron chi connectivity index (χ0n) is 18.4. The Bertz CT molecular complexity index is 1020. The summed E-state index contributed by atoms with van der Waals surface area (Å²) in [4.78, 5) is 25.6. The fraction of sp³-hybridized carbons (Fsp3) is 0.364. The molecule has 0 aromatic heterocycles. The number of para-hydroxylation sites is 1. The highest BCUT2D eigenvalue weighted by atomic mass is 32.2. The van der Waals surface area contributed by atoms with E-state index in [0.29, 0.717) is 17.9 Å². The van der Waals surface area contributed by atoms with E-state index in [1.54, 1.807) is 50.2 Å². The number of carbonyl (C=O) groups is 2. The third kappa shape index (κ3) is 6.05. The van der Waals surface area contributed by atoms with Gasteiger partial charge in [-0.05, 0) is 49.2 Å². The molecule has 0 aliphatic carbocycles. The van der Waals surface area contributed by atoms with E-state index in [9.17, 15) is 18.0 Å². The molecular weight excluding hydrogens is 418 g/mol. The molecule has 1 atom stereocenters. The van der Waals surface area contributed by atoms with E-state index in [2.05, 4.69) is 10.6 Å². The topological polar surface area (TPSA) is 105 Å². The van der Waals surface area contributed by atoms with Crippen LogP contribution < -0.4 is 15.4 Å². The number of ether oxygens (including phenoxy) is 1. The lowest BCUT2D eigenvalue weighted by atomic mass is 10.0. The molecule has 0 radical (unpaired) electrons. The van der Waals surface area contributed by atoms with Crippen LogP contribution in [-0.4, -0.2) is 51.3 Å². The normalized spacial score (nSPS) is 12.5. The van der Waals surface area contributed by atoms with Gasteiger partial charge in [-0.1, -0.05) is 26.0 Å². The van der Waals surface area contributed by atoms with Gasteiger partial charge >= 0.3 is 0 Å². The highest BCUT2D eigenvalue weighted by molar-refractivity contribution is 7.89. The molecule has 0 fully saturated rings. The van der Waals surface area contributed by atoms with Crippen molar-refractivity contribution in [3.8, 4) is 5.75 Å². The van der Waals surface area contributed by atoms with Gasteiger partial charge in [0.05, 0.1) is 12.3 Å². The predicted molar refractivity (Wildman–Crippen MR) is 120 cm³/mol. The molecular formula is C22H29N3O5S. The van der Waals surface area contributed by atoms with Crippen molar-refractivity contribution in [2.75, 3.05) is 26.0 Å². The molecule has 0 heterocycles. The van der Waals surface area contributed by atoms with Gasteiger partial charge in [-0.3, -0.25) is 9.59 Å². The van der Waals surface area contributed by atoms with Crippen LogP contribution in [0, 0.1) is 5.92 Å². The molecule has 2 N–H and O–H groups in total. The van der Waals surface area contributed by atoms with Crippen LogP contribution in [0.4, 0.5) is 5.69 Å². The molecule has 0 bridgehead atoms. The molecule has 168 valence electrons. The summed E-state index contributed by atoms with van der Waals surface area (Å²) in [5.41, 5.74) is 0.541. The third-order valence-corrected chi connectivity index (χ3v) is 6.44. The Morgan fingerprint density at radius 3 is 2.19 bits per heavy atom. The van der Waals surface area contributed by atoms with Crippen LogP contribution in [0.15, 0.2) is 53.4 Å². The van der Waals surface area contributed by atoms with Gasteiger partial charge in [-0.25, -0.2) is 12.7 Å². The number of nitrogens with one attached hydrogen (secondary N) is 2. The molecule has 1 unspecified atom stereocenters. The monoisotopic (exact) mass is 447 g/mol. The van der Waals surface area contributed by atoms with E-state index >= 15 is 0 Å². The van der Waals surface area contributed by atoms with Gasteiger partial charge in [-0.2, -0.15) is 0 Å². The number of rotatable bonds is 9. The highest BCUT2D eigenvalue weighted by Gasteiger charge is 2.27. The molecule has 31 heavy (non-hydrogen) atoms. The van der Waals surface area contributed by atoms with Crippen molar-refractivity contribution in [2.45, 2.75) is 31.7 Å². The molecule has 8 nitrogen and oxygen atoms in total. The molecule has 2 aromatic carbocycles. The Kier molecular flexibility index (Phi) is 8.18. The summed E-state index contributed by atoms with van der Waals surface area (Å²) in [6.07, 6.45) is 0. The van der Waals surface area contributed by atoms with Gasteiger partial charge in [0, 0.05) is 19.7 Å². The Labute approximate surface area is 183 Å². The predicted octanol–water partition coefficient (Wildman–Crippen LogP) is 2.73. The maximum atomic E-state index is 13.0. The van der Waals surface area contributed by atoms with Crippen molar-refractivity contribution in [1.29, 1.82) is 0 Å². The first kappa shape index (κ1) is 24.4. The quantitative estimate of drug-likeness (QED) is 0.615. The van der Waals surface area contributed by atoms with Crippen LogP contribution in [0.2, 0.25) is 0 Å². The van der Waals surface area contributed by atoms with Crippen molar-refractivity contribution in [2.24, 2.45) is 5.92 Å². The van der Waals surface area contributed by atoms with Crippen LogP contribution in [0.3, 0.4) is 0 Å². The zero-order chi connectivity index (χ0) is 23.2. The number of anilines is 1. The summed E-state index contributed by atoms with van der Waals surface area (Å²) >= 11 is 0. The summed E-state index contributed by atoms with van der Waals surface area (Å²) in [6, 6.07) is 11.9. The smallest absolute Gasteiger partial charge is 0.251 e. The second kappa shape index (κ2) is 10.4. The van der Waals surface area contributed by atoms with E-state index in [4.69, 9.17) is 4.74 Å². The van der Waals surface area contributed by atoms with Gasteiger partial charge in [-0.15, -0.1) is 0 Å². The Hall–Kier alpha value is -2.91. The Balaban J connectivity index is 2.21. The largest absolute Gasteiger partial charge is 0.494 e. The number of nitrogens with zero attached hydrogens (tertiary/aromatic N) is 1. The summed E-state index contributed by atoms with van der Waals surface area (Å²) in [5.74, 6) is -0.498. The maximum absolute atomic E-state index is 13.0. The van der Waals surface area contributed by atoms with Gasteiger partial charge in [0.25, 0.3) is 5.91 Å². The van der Waals surface area contributed by atoms with Crippen molar-refractivity contribution in [3.05, 3.63) is 54.1 Å². The van der Waals surface area contributed by atoms with E-state index in [1.165, 1.54) is 26.2 Å². The summed E-state index contributed by atoms with van der Waals surface area (Å²) in [5, 5.41) is 5.39. The summed E-state index contributed by atoms with van der Waals surface area (Å²) in [6.45, 7) is 5.98. The summed E-state index contributed by atoms with van der Waals surface area (Å²) < 4.78 is 31.6. The molecule has 0 saturated heterocycles. The SMILES string of the molecule is CCOc1ccc(C(=O)NC(C(=O)Nc2ccccc2S(=O)(=O)N(C)C)C(C)C)cc1. The highest BCUT2D eigenvalue weighted by Crippen LogP contribution is 2.24. The second-order valence-electron chi connectivity index (χ2n) is 7.43. The van der Waals surface area contributed by atoms with Gasteiger partial charge in [0.15, 0.2) is 0 Å². The summed E-state index contributed by atoms with van der Waals surface area (Å²) in [7, 11) is -0.918. The van der Waals surface area contributed by atoms with Crippen LogP contribution >= 0.6 is 0 Å². The number of amides is 2. The first-order valence-corrected chi connectivity index (χ1v) is 11.4. The lowest BCUT2D eigenvalue weighted by Crippen LogP contribution is -2.47. The second-order valence-corrected chi connectivity index (χ2v) is 9.55. The van der Waals surface area contributed by atoms with Crippen molar-refractivity contribution >= 4 is 27.5 Å². The molecule has 2 rings (SSSR count). The molecule has 0 spiro atoms. The fourth-order valence-electron chi connectivity index (χ4n) is 2.83. The molecule has 2 amide bonds. The number of hydrogen-bond donors (Lipinski definition) is 2. The van der Waals surface area contributed by atoms with E-state index in [0.717, 1.165) is 4.31 Å². The molecule has 2 aromatic rings. The number of sulfonamides is 1. The van der Waals surface area contributed by atoms with E-state index < -0.39 is 27.9 Å². The van der Waals surface area contributed by atoms with Gasteiger partial charge in [0.1, 0.15) is 16.7 Å². The number of benzene rings is 2. The average molecular weight is 448 g/mol. The standard InChI is InChI=1S/C22H29N3O5S/c1-6-30-17-13-11-16(12-14-17)21(26)24-20(15(2)3)22(27)23-18-9-7-8-10-19(18)31(28,29)25(4)5/h7-15,20H,6H2,1-5H3,(H,23,27)(H,24,26). The van der Waals surface area contributed by atoms with Gasteiger partial charge in [0.2, 0.25) is 15.9 Å². The van der Waals surface area contributed by atoms with E-state index in [1.807, 2.05) is 6.92 Å². The Morgan fingerprint density at radius 2 is 1.65 bits per heavy atom. The molecule has 0 aliphatic heterocycles. The fourth-order valence-corrected chi connectivity index (χ4v) is 3.87. The minimum absolute atomic E-state index is 0.0197. The number of carbonyl (C=O) groups excluding carboxylic acids is 2. The third-order valence-electron chi connectivity index (χ3n) is 4.57. The van der Waals surface area contributed by atoms with Crippen LogP contribution in [0.25, 0.3) is 0 Å². The molecule has 0 aliphatic rings. The van der Waals surface area contributed by atoms with Crippen LogP contribution in [-0.2, 0) is 14.8 Å². The maximum Gasteiger partial charge on any atom is 0.251 e. The first-order valence-electron chi connectivity index (χ1n) is 9.94. The first-order chi connectivity index (χ1) is 14.6. The Morgan fingerprint density at radius 1 is 1.03 bits per heavy atom. The lowest BCUT2D eigenvalue weighted by molar-refractivity contribution is -0.118. The van der Waals surface area contributed by atoms with Crippen molar-refractivity contribution in [3.63, 3.8) is 0 Å². The van der Waals surface area contributed by atoms with Crippen LogP contribution in [0.5, 0.6) is 5.75 Å². The minimum atomic E-state index is -3.75. The number of hydrogen-bond acceptors (Lipinski definition) is 5. The lowest BCUT2D eigenvalue weighted by Gasteiger charge is -2.23. The van der Waals surface area contributed by atoms with Gasteiger partial charge < -0.3 is 15.4 Å². The zero-order valence-corrected chi connectivity index (χ0v) is 19.2. The average Bonchev–Trinajstić information content (AvgIpc) is 2.72. The minimum Gasteiger partial charge on any atom is -0.494 e. The molecule has 0 saturated carbocycles. The van der Waals surface area contributed by atoms with E-state index in [-0.39, 0.29) is 16.5 Å². The van der Waals surface area contributed by atoms with Crippen molar-refractivity contribution in [1.82, 2.24) is 9.62 Å². The van der Waals surface area contributed by atoms with Crippen molar-refractivity contribution < 1.29 is 22.7 Å². The van der Waals surface area contributed by atoms with Crippen LogP contribution in [0.1, 0.15) is 31.1 Å².